The topological polar surface area (TPSA) is 55.1 Å². The molecular formula is C14H17BrN4O. The van der Waals surface area contributed by atoms with Crippen LogP contribution in [0.2, 0.25) is 0 Å². The number of anilines is 1. The van der Waals surface area contributed by atoms with Crippen LogP contribution in [0.4, 0.5) is 5.82 Å². The van der Waals surface area contributed by atoms with E-state index in [9.17, 15) is 0 Å². The molecule has 1 fully saturated rings. The van der Waals surface area contributed by atoms with Crippen molar-refractivity contribution in [2.75, 3.05) is 11.4 Å². The van der Waals surface area contributed by atoms with E-state index < -0.39 is 0 Å². The maximum absolute atomic E-state index is 5.33. The number of halogens is 1. The van der Waals surface area contributed by atoms with Crippen LogP contribution in [-0.2, 0) is 0 Å². The molecule has 5 nitrogen and oxygen atoms in total. The van der Waals surface area contributed by atoms with Gasteiger partial charge in [0.05, 0.1) is 6.04 Å². The Bertz CT molecular complexity index is 598. The van der Waals surface area contributed by atoms with E-state index in [0.29, 0.717) is 5.89 Å². The summed E-state index contributed by atoms with van der Waals surface area (Å²) in [7, 11) is 0. The molecule has 3 heterocycles. The minimum atomic E-state index is 0.160. The Kier molecular flexibility index (Phi) is 3.74. The van der Waals surface area contributed by atoms with Crippen LogP contribution in [0.3, 0.4) is 0 Å². The van der Waals surface area contributed by atoms with Gasteiger partial charge in [0.15, 0.2) is 5.82 Å². The number of aromatic nitrogens is 3. The van der Waals surface area contributed by atoms with Crippen molar-refractivity contribution in [3.05, 3.63) is 34.5 Å². The summed E-state index contributed by atoms with van der Waals surface area (Å²) in [6.45, 7) is 5.08. The molecule has 0 spiro atoms. The minimum Gasteiger partial charge on any atom is -0.346 e. The summed E-state index contributed by atoms with van der Waals surface area (Å²) in [5.41, 5.74) is 0. The fourth-order valence-electron chi connectivity index (χ4n) is 2.48. The van der Waals surface area contributed by atoms with E-state index in [1.807, 2.05) is 18.3 Å². The van der Waals surface area contributed by atoms with Crippen molar-refractivity contribution >= 4 is 21.7 Å². The van der Waals surface area contributed by atoms with Gasteiger partial charge in [0.25, 0.3) is 0 Å². The summed E-state index contributed by atoms with van der Waals surface area (Å²) >= 11 is 3.49. The molecule has 2 aromatic heterocycles. The zero-order valence-electron chi connectivity index (χ0n) is 11.6. The van der Waals surface area contributed by atoms with E-state index in [2.05, 4.69) is 49.8 Å². The van der Waals surface area contributed by atoms with E-state index >= 15 is 0 Å². The van der Waals surface area contributed by atoms with Crippen LogP contribution in [0.1, 0.15) is 50.4 Å². The van der Waals surface area contributed by atoms with Gasteiger partial charge in [-0.25, -0.2) is 4.98 Å². The van der Waals surface area contributed by atoms with Gasteiger partial charge in [-0.1, -0.05) is 34.9 Å². The number of nitrogens with zero attached hydrogens (tertiary/aromatic N) is 4. The lowest BCUT2D eigenvalue weighted by Crippen LogP contribution is -2.24. The summed E-state index contributed by atoms with van der Waals surface area (Å²) in [6, 6.07) is 4.12. The molecule has 1 saturated heterocycles. The van der Waals surface area contributed by atoms with Crippen molar-refractivity contribution in [3.63, 3.8) is 0 Å². The molecule has 1 aliphatic rings. The monoisotopic (exact) mass is 336 g/mol. The molecule has 6 heteroatoms. The summed E-state index contributed by atoms with van der Waals surface area (Å²) < 4.78 is 6.36. The zero-order valence-corrected chi connectivity index (χ0v) is 13.2. The number of hydrogen-bond donors (Lipinski definition) is 0. The Morgan fingerprint density at radius 3 is 3.00 bits per heavy atom. The smallest absolute Gasteiger partial charge is 0.229 e. The molecule has 3 rings (SSSR count). The Balaban J connectivity index is 1.88. The van der Waals surface area contributed by atoms with Gasteiger partial charge < -0.3 is 9.42 Å². The van der Waals surface area contributed by atoms with Crippen LogP contribution in [0.5, 0.6) is 0 Å². The highest BCUT2D eigenvalue weighted by Crippen LogP contribution is 2.34. The van der Waals surface area contributed by atoms with E-state index in [1.54, 1.807) is 0 Å². The van der Waals surface area contributed by atoms with Gasteiger partial charge in [-0.2, -0.15) is 4.98 Å². The first-order valence-electron chi connectivity index (χ1n) is 6.87. The summed E-state index contributed by atoms with van der Waals surface area (Å²) in [4.78, 5) is 11.2. The fraction of sp³-hybridized carbons (Fsp3) is 0.500. The lowest BCUT2D eigenvalue weighted by Gasteiger charge is -2.23. The molecule has 0 amide bonds. The first kappa shape index (κ1) is 13.5. The summed E-state index contributed by atoms with van der Waals surface area (Å²) in [6.07, 6.45) is 3.96. The molecule has 0 bridgehead atoms. The maximum atomic E-state index is 5.33. The van der Waals surface area contributed by atoms with Gasteiger partial charge in [-0.15, -0.1) is 0 Å². The predicted molar refractivity (Wildman–Crippen MR) is 79.6 cm³/mol. The first-order chi connectivity index (χ1) is 9.65. The highest BCUT2D eigenvalue weighted by atomic mass is 79.9. The van der Waals surface area contributed by atoms with Crippen molar-refractivity contribution in [1.82, 2.24) is 15.1 Å². The van der Waals surface area contributed by atoms with Gasteiger partial charge in [0, 0.05) is 23.1 Å². The molecular weight excluding hydrogens is 320 g/mol. The molecule has 0 radical (unpaired) electrons. The van der Waals surface area contributed by atoms with Gasteiger partial charge >= 0.3 is 0 Å². The number of rotatable bonds is 3. The Morgan fingerprint density at radius 1 is 1.45 bits per heavy atom. The van der Waals surface area contributed by atoms with Crippen molar-refractivity contribution < 1.29 is 4.52 Å². The van der Waals surface area contributed by atoms with E-state index in [0.717, 1.165) is 35.5 Å². The van der Waals surface area contributed by atoms with E-state index in [-0.39, 0.29) is 12.0 Å². The third-order valence-corrected chi connectivity index (χ3v) is 4.00. The largest absolute Gasteiger partial charge is 0.346 e. The predicted octanol–water partition coefficient (Wildman–Crippen LogP) is 3.69. The van der Waals surface area contributed by atoms with Crippen LogP contribution in [-0.4, -0.2) is 21.7 Å². The van der Waals surface area contributed by atoms with Crippen LogP contribution in [0.15, 0.2) is 27.3 Å². The molecule has 1 unspecified atom stereocenters. The SMILES string of the molecule is CC(C)c1nc(C2CCCN2c2cc(Br)ccn2)no1. The van der Waals surface area contributed by atoms with Crippen molar-refractivity contribution in [1.29, 1.82) is 0 Å². The van der Waals surface area contributed by atoms with Gasteiger partial charge in [-0.05, 0) is 25.0 Å². The molecule has 1 atom stereocenters. The molecule has 20 heavy (non-hydrogen) atoms. The van der Waals surface area contributed by atoms with Crippen LogP contribution < -0.4 is 4.90 Å². The number of hydrogen-bond acceptors (Lipinski definition) is 5. The van der Waals surface area contributed by atoms with E-state index in [4.69, 9.17) is 4.52 Å². The standard InChI is InChI=1S/C14H17BrN4O/c1-9(2)14-17-13(18-20-14)11-4-3-7-19(11)12-8-10(15)5-6-16-12/h5-6,8-9,11H,3-4,7H2,1-2H3. The summed E-state index contributed by atoms with van der Waals surface area (Å²) in [5, 5.41) is 4.15. The van der Waals surface area contributed by atoms with Crippen LogP contribution in [0.25, 0.3) is 0 Å². The average Bonchev–Trinajstić information content (AvgIpc) is 3.07. The Morgan fingerprint density at radius 2 is 2.30 bits per heavy atom. The second kappa shape index (κ2) is 5.52. The zero-order chi connectivity index (χ0) is 14.1. The van der Waals surface area contributed by atoms with Crippen molar-refractivity contribution in [3.8, 4) is 0 Å². The minimum absolute atomic E-state index is 0.160. The van der Waals surface area contributed by atoms with E-state index in [1.165, 1.54) is 0 Å². The highest BCUT2D eigenvalue weighted by molar-refractivity contribution is 9.10. The fourth-order valence-corrected chi connectivity index (χ4v) is 2.80. The van der Waals surface area contributed by atoms with Gasteiger partial charge in [0.1, 0.15) is 5.82 Å². The lowest BCUT2D eigenvalue weighted by atomic mass is 10.2. The normalized spacial score (nSPS) is 19.0. The van der Waals surface area contributed by atoms with Gasteiger partial charge in [0.2, 0.25) is 5.89 Å². The number of pyridine rings is 1. The maximum Gasteiger partial charge on any atom is 0.229 e. The Hall–Kier alpha value is -1.43. The Labute approximate surface area is 126 Å². The average molecular weight is 337 g/mol. The third-order valence-electron chi connectivity index (χ3n) is 3.50. The second-order valence-corrected chi connectivity index (χ2v) is 6.24. The second-order valence-electron chi connectivity index (χ2n) is 5.33. The molecule has 0 N–H and O–H groups in total. The highest BCUT2D eigenvalue weighted by Gasteiger charge is 2.31. The lowest BCUT2D eigenvalue weighted by molar-refractivity contribution is 0.358. The van der Waals surface area contributed by atoms with Crippen molar-refractivity contribution in [2.24, 2.45) is 0 Å². The molecule has 0 aliphatic carbocycles. The molecule has 0 aromatic carbocycles. The molecule has 2 aromatic rings. The summed E-state index contributed by atoms with van der Waals surface area (Å²) in [5.74, 6) is 2.69. The quantitative estimate of drug-likeness (QED) is 0.855. The van der Waals surface area contributed by atoms with Crippen LogP contribution >= 0.6 is 15.9 Å². The molecule has 106 valence electrons. The third kappa shape index (κ3) is 2.57. The molecule has 0 saturated carbocycles. The van der Waals surface area contributed by atoms with Gasteiger partial charge in [-0.3, -0.25) is 0 Å². The van der Waals surface area contributed by atoms with Crippen LogP contribution in [0, 0.1) is 0 Å². The van der Waals surface area contributed by atoms with Crippen molar-refractivity contribution in [2.45, 2.75) is 38.6 Å². The first-order valence-corrected chi connectivity index (χ1v) is 7.66. The molecule has 1 aliphatic heterocycles.